The molecule has 0 saturated carbocycles. The first-order valence-corrected chi connectivity index (χ1v) is 11.0. The zero-order chi connectivity index (χ0) is 21.5. The fourth-order valence-corrected chi connectivity index (χ4v) is 4.49. The van der Waals surface area contributed by atoms with Gasteiger partial charge in [-0.25, -0.2) is 0 Å². The molecule has 30 heavy (non-hydrogen) atoms. The fraction of sp³-hybridized carbons (Fsp3) is 0.227. The predicted octanol–water partition coefficient (Wildman–Crippen LogP) is 3.65. The molecule has 1 aliphatic heterocycles. The van der Waals surface area contributed by atoms with Crippen LogP contribution >= 0.6 is 35.6 Å². The summed E-state index contributed by atoms with van der Waals surface area (Å²) >= 11 is 12.7. The number of thiocarbonyl (C=S) groups is 1. The van der Waals surface area contributed by atoms with E-state index in [0.29, 0.717) is 20.7 Å². The Bertz CT molecular complexity index is 966. The standard InChI is InChI=1S/C22H21ClN2O3S2/c23-18-9-5-4-8-16(18)13-19-21(28)25(22(29)30-19)11-10-20(27)24-17(14-26)12-15-6-2-1-3-7-15/h1-9,13,17,26H,10-12,14H2,(H,24,27)/b19-13-. The summed E-state index contributed by atoms with van der Waals surface area (Å²) in [6.07, 6.45) is 2.34. The predicted molar refractivity (Wildman–Crippen MR) is 125 cm³/mol. The Morgan fingerprint density at radius 2 is 1.90 bits per heavy atom. The Kier molecular flexibility index (Phi) is 8.04. The lowest BCUT2D eigenvalue weighted by molar-refractivity contribution is -0.124. The van der Waals surface area contributed by atoms with Gasteiger partial charge in [-0.15, -0.1) is 0 Å². The lowest BCUT2D eigenvalue weighted by Gasteiger charge is -2.18. The SMILES string of the molecule is O=C(CCN1C(=O)/C(=C/c2ccccc2Cl)SC1=S)NC(CO)Cc1ccccc1. The van der Waals surface area contributed by atoms with Gasteiger partial charge in [-0.3, -0.25) is 14.5 Å². The largest absolute Gasteiger partial charge is 0.394 e. The normalized spacial score (nSPS) is 16.2. The van der Waals surface area contributed by atoms with Crippen LogP contribution in [0.25, 0.3) is 6.08 Å². The van der Waals surface area contributed by atoms with Crippen LogP contribution < -0.4 is 5.32 Å². The number of carbonyl (C=O) groups excluding carboxylic acids is 2. The summed E-state index contributed by atoms with van der Waals surface area (Å²) in [4.78, 5) is 26.9. The molecule has 2 N–H and O–H groups in total. The van der Waals surface area contributed by atoms with Crippen LogP contribution in [0, 0.1) is 0 Å². The van der Waals surface area contributed by atoms with E-state index in [1.165, 1.54) is 16.7 Å². The van der Waals surface area contributed by atoms with Crippen molar-refractivity contribution in [1.82, 2.24) is 10.2 Å². The van der Waals surface area contributed by atoms with E-state index >= 15 is 0 Å². The average Bonchev–Trinajstić information content (AvgIpc) is 3.01. The first kappa shape index (κ1) is 22.5. The summed E-state index contributed by atoms with van der Waals surface area (Å²) in [7, 11) is 0. The van der Waals surface area contributed by atoms with Gasteiger partial charge < -0.3 is 10.4 Å². The maximum atomic E-state index is 12.7. The van der Waals surface area contributed by atoms with E-state index in [4.69, 9.17) is 23.8 Å². The first-order valence-electron chi connectivity index (χ1n) is 9.42. The van der Waals surface area contributed by atoms with Crippen molar-refractivity contribution in [3.63, 3.8) is 0 Å². The van der Waals surface area contributed by atoms with Crippen LogP contribution in [-0.4, -0.2) is 45.3 Å². The van der Waals surface area contributed by atoms with Crippen LogP contribution in [0.2, 0.25) is 5.02 Å². The number of nitrogens with zero attached hydrogens (tertiary/aromatic N) is 1. The number of hydrogen-bond donors (Lipinski definition) is 2. The Balaban J connectivity index is 1.56. The number of aliphatic hydroxyl groups is 1. The van der Waals surface area contributed by atoms with Gasteiger partial charge in [0.05, 0.1) is 17.6 Å². The molecule has 2 aromatic rings. The van der Waals surface area contributed by atoms with Crippen molar-refractivity contribution < 1.29 is 14.7 Å². The number of amides is 2. The van der Waals surface area contributed by atoms with Crippen LogP contribution in [0.1, 0.15) is 17.5 Å². The summed E-state index contributed by atoms with van der Waals surface area (Å²) in [6, 6.07) is 16.5. The molecule has 0 aliphatic carbocycles. The van der Waals surface area contributed by atoms with E-state index < -0.39 is 0 Å². The molecule has 8 heteroatoms. The van der Waals surface area contributed by atoms with Crippen LogP contribution in [0.5, 0.6) is 0 Å². The molecule has 1 aliphatic rings. The third kappa shape index (κ3) is 5.92. The minimum absolute atomic E-state index is 0.0943. The monoisotopic (exact) mass is 460 g/mol. The molecular formula is C22H21ClN2O3S2. The van der Waals surface area contributed by atoms with Gasteiger partial charge in [0.25, 0.3) is 5.91 Å². The van der Waals surface area contributed by atoms with E-state index in [1.54, 1.807) is 12.1 Å². The second-order valence-corrected chi connectivity index (χ2v) is 8.82. The van der Waals surface area contributed by atoms with Gasteiger partial charge in [0, 0.05) is 18.0 Å². The quantitative estimate of drug-likeness (QED) is 0.465. The molecule has 3 rings (SSSR count). The summed E-state index contributed by atoms with van der Waals surface area (Å²) in [5.74, 6) is -0.477. The second-order valence-electron chi connectivity index (χ2n) is 6.74. The molecule has 0 spiro atoms. The van der Waals surface area contributed by atoms with Crippen molar-refractivity contribution in [2.45, 2.75) is 18.9 Å². The molecule has 1 heterocycles. The molecule has 0 aromatic heterocycles. The molecule has 1 saturated heterocycles. The molecule has 1 atom stereocenters. The summed E-state index contributed by atoms with van der Waals surface area (Å²) in [6.45, 7) is 0.0160. The smallest absolute Gasteiger partial charge is 0.266 e. The molecule has 0 bridgehead atoms. The number of halogens is 1. The molecule has 2 aromatic carbocycles. The summed E-state index contributed by atoms with van der Waals surface area (Å²) in [5, 5.41) is 12.9. The van der Waals surface area contributed by atoms with E-state index in [1.807, 2.05) is 48.5 Å². The van der Waals surface area contributed by atoms with Crippen molar-refractivity contribution in [2.24, 2.45) is 0 Å². The molecule has 0 radical (unpaired) electrons. The van der Waals surface area contributed by atoms with E-state index in [0.717, 1.165) is 11.1 Å². The van der Waals surface area contributed by atoms with Crippen LogP contribution in [0.15, 0.2) is 59.5 Å². The van der Waals surface area contributed by atoms with Gasteiger partial charge in [-0.05, 0) is 29.7 Å². The second kappa shape index (κ2) is 10.7. The highest BCUT2D eigenvalue weighted by atomic mass is 35.5. The van der Waals surface area contributed by atoms with Crippen molar-refractivity contribution >= 4 is 57.8 Å². The van der Waals surface area contributed by atoms with Crippen molar-refractivity contribution in [3.8, 4) is 0 Å². The van der Waals surface area contributed by atoms with Gasteiger partial charge >= 0.3 is 0 Å². The maximum absolute atomic E-state index is 12.7. The molecular weight excluding hydrogens is 440 g/mol. The number of carbonyl (C=O) groups is 2. The number of aliphatic hydroxyl groups excluding tert-OH is 1. The van der Waals surface area contributed by atoms with Crippen LogP contribution in [0.4, 0.5) is 0 Å². The molecule has 2 amide bonds. The average molecular weight is 461 g/mol. The molecule has 156 valence electrons. The fourth-order valence-electron chi connectivity index (χ4n) is 3.00. The van der Waals surface area contributed by atoms with Gasteiger partial charge in [0.1, 0.15) is 4.32 Å². The number of benzene rings is 2. The summed E-state index contributed by atoms with van der Waals surface area (Å²) < 4.78 is 0.411. The minimum atomic E-state index is -0.383. The Hall–Kier alpha value is -2.19. The number of rotatable bonds is 8. The molecule has 1 fully saturated rings. The van der Waals surface area contributed by atoms with Gasteiger partial charge in [0.2, 0.25) is 5.91 Å². The molecule has 1 unspecified atom stereocenters. The minimum Gasteiger partial charge on any atom is -0.394 e. The third-order valence-electron chi connectivity index (χ3n) is 4.54. The van der Waals surface area contributed by atoms with Crippen molar-refractivity contribution in [3.05, 3.63) is 75.7 Å². The van der Waals surface area contributed by atoms with Crippen LogP contribution in [0.3, 0.4) is 0 Å². The highest BCUT2D eigenvalue weighted by Gasteiger charge is 2.32. The van der Waals surface area contributed by atoms with E-state index in [2.05, 4.69) is 5.32 Å². The maximum Gasteiger partial charge on any atom is 0.266 e. The third-order valence-corrected chi connectivity index (χ3v) is 6.26. The Morgan fingerprint density at radius 1 is 1.20 bits per heavy atom. The van der Waals surface area contributed by atoms with E-state index in [-0.39, 0.29) is 37.4 Å². The van der Waals surface area contributed by atoms with Crippen molar-refractivity contribution in [2.75, 3.05) is 13.2 Å². The number of thioether (sulfide) groups is 1. The summed E-state index contributed by atoms with van der Waals surface area (Å²) in [5.41, 5.74) is 1.77. The Labute approximate surface area is 190 Å². The Morgan fingerprint density at radius 3 is 2.60 bits per heavy atom. The van der Waals surface area contributed by atoms with Gasteiger partial charge in [-0.2, -0.15) is 0 Å². The van der Waals surface area contributed by atoms with E-state index in [9.17, 15) is 14.7 Å². The van der Waals surface area contributed by atoms with Crippen LogP contribution in [-0.2, 0) is 16.0 Å². The van der Waals surface area contributed by atoms with Gasteiger partial charge in [-0.1, -0.05) is 84.1 Å². The van der Waals surface area contributed by atoms with Gasteiger partial charge in [0.15, 0.2) is 0 Å². The number of nitrogens with one attached hydrogen (secondary N) is 1. The molecule has 5 nitrogen and oxygen atoms in total. The first-order chi connectivity index (χ1) is 14.5. The highest BCUT2D eigenvalue weighted by Crippen LogP contribution is 2.33. The van der Waals surface area contributed by atoms with Crippen molar-refractivity contribution in [1.29, 1.82) is 0 Å². The zero-order valence-corrected chi connectivity index (χ0v) is 18.5. The highest BCUT2D eigenvalue weighted by molar-refractivity contribution is 8.26. The topological polar surface area (TPSA) is 69.6 Å². The lowest BCUT2D eigenvalue weighted by Crippen LogP contribution is -2.41. The lowest BCUT2D eigenvalue weighted by atomic mass is 10.1. The number of hydrogen-bond acceptors (Lipinski definition) is 5. The zero-order valence-electron chi connectivity index (χ0n) is 16.1.